The van der Waals surface area contributed by atoms with Crippen molar-refractivity contribution in [2.45, 2.75) is 6.92 Å². The quantitative estimate of drug-likeness (QED) is 0.845. The summed E-state index contributed by atoms with van der Waals surface area (Å²) in [6, 6.07) is 5.18. The number of imidazole rings is 1. The van der Waals surface area contributed by atoms with Crippen LogP contribution in [-0.2, 0) is 4.74 Å². The van der Waals surface area contributed by atoms with Crippen molar-refractivity contribution < 1.29 is 14.3 Å². The van der Waals surface area contributed by atoms with E-state index in [1.165, 1.54) is 11.7 Å². The van der Waals surface area contributed by atoms with Gasteiger partial charge in [-0.3, -0.25) is 5.32 Å². The fourth-order valence-electron chi connectivity index (χ4n) is 2.01. The number of aromatic nitrogens is 2. The summed E-state index contributed by atoms with van der Waals surface area (Å²) in [6.07, 6.45) is 1.29. The van der Waals surface area contributed by atoms with Gasteiger partial charge in [0, 0.05) is 12.3 Å². The summed E-state index contributed by atoms with van der Waals surface area (Å²) in [5.41, 5.74) is 2.21. The Morgan fingerprint density at radius 2 is 2.18 bits per heavy atom. The van der Waals surface area contributed by atoms with Crippen molar-refractivity contribution in [2.24, 2.45) is 0 Å². The van der Waals surface area contributed by atoms with Crippen molar-refractivity contribution in [3.05, 3.63) is 23.8 Å². The van der Waals surface area contributed by atoms with Crippen LogP contribution in [0.3, 0.4) is 0 Å². The number of amides is 2. The van der Waals surface area contributed by atoms with Crippen LogP contribution in [0.2, 0.25) is 0 Å². The minimum atomic E-state index is -0.675. The van der Waals surface area contributed by atoms with Crippen LogP contribution >= 0.6 is 11.8 Å². The van der Waals surface area contributed by atoms with Gasteiger partial charge < -0.3 is 10.1 Å². The maximum atomic E-state index is 12.4. The molecule has 2 N–H and O–H groups in total. The minimum absolute atomic E-state index is 0.137. The van der Waals surface area contributed by atoms with E-state index in [0.717, 1.165) is 11.3 Å². The highest BCUT2D eigenvalue weighted by Gasteiger charge is 2.19. The zero-order chi connectivity index (χ0) is 16.1. The Balaban J connectivity index is 2.43. The number of aryl methyl sites for hydroxylation is 1. The van der Waals surface area contributed by atoms with Crippen LogP contribution in [0.1, 0.15) is 5.56 Å². The minimum Gasteiger partial charge on any atom is -0.453 e. The molecule has 0 fully saturated rings. The number of rotatable bonds is 4. The summed E-state index contributed by atoms with van der Waals surface area (Å²) < 4.78 is 5.92. The summed E-state index contributed by atoms with van der Waals surface area (Å²) in [4.78, 5) is 28.2. The third kappa shape index (κ3) is 3.33. The van der Waals surface area contributed by atoms with Crippen molar-refractivity contribution in [3.8, 4) is 0 Å². The number of methoxy groups -OCH3 is 1. The highest BCUT2D eigenvalue weighted by atomic mass is 32.2. The molecule has 0 aliphatic carbocycles. The fraction of sp³-hybridized carbons (Fsp3) is 0.357. The van der Waals surface area contributed by atoms with Crippen LogP contribution in [0, 0.1) is 6.92 Å². The highest BCUT2D eigenvalue weighted by Crippen LogP contribution is 2.22. The standard InChI is InChI=1S/C14H18N4O3S/c1-9-5-4-6-10-11(9)16-12(17-14(20)21-2)18(10)13(19)15-7-8-22-3/h4-6H,7-8H2,1-3H3,(H,15,19)(H,16,17,20). The largest absolute Gasteiger partial charge is 0.453 e. The number of benzene rings is 1. The van der Waals surface area contributed by atoms with E-state index < -0.39 is 6.09 Å². The number of thioether (sulfide) groups is 1. The molecule has 22 heavy (non-hydrogen) atoms. The molecule has 0 spiro atoms. The number of carbonyl (C=O) groups is 2. The summed E-state index contributed by atoms with van der Waals surface area (Å²) in [5.74, 6) is 0.940. The number of carbonyl (C=O) groups excluding carboxylic acids is 2. The number of ether oxygens (including phenoxy) is 1. The summed E-state index contributed by atoms with van der Waals surface area (Å²) >= 11 is 1.64. The lowest BCUT2D eigenvalue weighted by molar-refractivity contribution is 0.186. The van der Waals surface area contributed by atoms with Crippen molar-refractivity contribution in [1.82, 2.24) is 14.9 Å². The average Bonchev–Trinajstić information content (AvgIpc) is 2.86. The van der Waals surface area contributed by atoms with Gasteiger partial charge in [0.25, 0.3) is 0 Å². The van der Waals surface area contributed by atoms with Crippen LogP contribution in [0.15, 0.2) is 18.2 Å². The van der Waals surface area contributed by atoms with E-state index in [-0.39, 0.29) is 12.0 Å². The Labute approximate surface area is 132 Å². The first-order valence-electron chi connectivity index (χ1n) is 6.68. The number of hydrogen-bond donors (Lipinski definition) is 2. The highest BCUT2D eigenvalue weighted by molar-refractivity contribution is 7.98. The number of nitrogens with zero attached hydrogens (tertiary/aromatic N) is 2. The van der Waals surface area contributed by atoms with E-state index in [2.05, 4.69) is 20.4 Å². The molecular weight excluding hydrogens is 304 g/mol. The van der Waals surface area contributed by atoms with Gasteiger partial charge in [-0.15, -0.1) is 0 Å². The molecule has 0 aliphatic rings. The van der Waals surface area contributed by atoms with E-state index in [9.17, 15) is 9.59 Å². The zero-order valence-corrected chi connectivity index (χ0v) is 13.5. The van der Waals surface area contributed by atoms with E-state index in [1.54, 1.807) is 17.8 Å². The van der Waals surface area contributed by atoms with Crippen molar-refractivity contribution in [2.75, 3.05) is 31.0 Å². The Hall–Kier alpha value is -2.22. The second-order valence-corrected chi connectivity index (χ2v) is 5.54. The molecule has 0 radical (unpaired) electrons. The van der Waals surface area contributed by atoms with Gasteiger partial charge in [0.2, 0.25) is 5.95 Å². The van der Waals surface area contributed by atoms with Crippen LogP contribution in [0.25, 0.3) is 11.0 Å². The Kier molecular flexibility index (Phi) is 5.26. The molecule has 0 aliphatic heterocycles. The molecule has 2 amide bonds. The summed E-state index contributed by atoms with van der Waals surface area (Å²) in [7, 11) is 1.26. The smallest absolute Gasteiger partial charge is 0.413 e. The van der Waals surface area contributed by atoms with Crippen LogP contribution in [-0.4, -0.2) is 47.3 Å². The molecular formula is C14H18N4O3S. The zero-order valence-electron chi connectivity index (χ0n) is 12.7. The Morgan fingerprint density at radius 1 is 1.41 bits per heavy atom. The van der Waals surface area contributed by atoms with Gasteiger partial charge in [-0.2, -0.15) is 11.8 Å². The molecule has 1 aromatic carbocycles. The van der Waals surface area contributed by atoms with Crippen molar-refractivity contribution >= 4 is 40.9 Å². The predicted molar refractivity (Wildman–Crippen MR) is 87.7 cm³/mol. The molecule has 2 rings (SSSR count). The molecule has 8 heteroatoms. The average molecular weight is 322 g/mol. The number of hydrogen-bond acceptors (Lipinski definition) is 5. The van der Waals surface area contributed by atoms with E-state index >= 15 is 0 Å². The second-order valence-electron chi connectivity index (χ2n) is 4.55. The monoisotopic (exact) mass is 322 g/mol. The van der Waals surface area contributed by atoms with Gasteiger partial charge in [-0.05, 0) is 24.8 Å². The van der Waals surface area contributed by atoms with Gasteiger partial charge in [0.1, 0.15) is 0 Å². The summed E-state index contributed by atoms with van der Waals surface area (Å²) in [6.45, 7) is 2.43. The first-order valence-corrected chi connectivity index (χ1v) is 8.08. The first-order chi connectivity index (χ1) is 10.6. The Morgan fingerprint density at radius 3 is 2.86 bits per heavy atom. The molecule has 7 nitrogen and oxygen atoms in total. The van der Waals surface area contributed by atoms with Crippen LogP contribution in [0.5, 0.6) is 0 Å². The van der Waals surface area contributed by atoms with Gasteiger partial charge in [0.05, 0.1) is 18.1 Å². The van der Waals surface area contributed by atoms with Gasteiger partial charge >= 0.3 is 12.1 Å². The summed E-state index contributed by atoms with van der Waals surface area (Å²) in [5, 5.41) is 5.27. The molecule has 118 valence electrons. The molecule has 2 aromatic rings. The van der Waals surface area contributed by atoms with Gasteiger partial charge in [-0.25, -0.2) is 19.1 Å². The molecule has 0 unspecified atom stereocenters. The number of fused-ring (bicyclic) bond motifs is 1. The number of para-hydroxylation sites is 1. The lowest BCUT2D eigenvalue weighted by Gasteiger charge is -2.09. The number of anilines is 1. The normalized spacial score (nSPS) is 10.5. The van der Waals surface area contributed by atoms with Crippen molar-refractivity contribution in [3.63, 3.8) is 0 Å². The van der Waals surface area contributed by atoms with E-state index in [4.69, 9.17) is 0 Å². The fourth-order valence-corrected chi connectivity index (χ4v) is 2.32. The van der Waals surface area contributed by atoms with Gasteiger partial charge in [-0.1, -0.05) is 12.1 Å². The SMILES string of the molecule is COC(=O)Nc1nc2c(C)cccc2n1C(=O)NCCSC. The predicted octanol–water partition coefficient (Wildman–Crippen LogP) is 2.44. The molecule has 0 saturated heterocycles. The topological polar surface area (TPSA) is 85.2 Å². The Bertz CT molecular complexity index is 699. The van der Waals surface area contributed by atoms with Crippen LogP contribution in [0.4, 0.5) is 15.5 Å². The van der Waals surface area contributed by atoms with E-state index in [0.29, 0.717) is 17.6 Å². The lowest BCUT2D eigenvalue weighted by atomic mass is 10.2. The van der Waals surface area contributed by atoms with E-state index in [1.807, 2.05) is 25.3 Å². The maximum Gasteiger partial charge on any atom is 0.413 e. The third-order valence-corrected chi connectivity index (χ3v) is 3.68. The second kappa shape index (κ2) is 7.17. The molecule has 0 bridgehead atoms. The maximum absolute atomic E-state index is 12.4. The van der Waals surface area contributed by atoms with Crippen LogP contribution < -0.4 is 10.6 Å². The number of nitrogens with one attached hydrogen (secondary N) is 2. The first kappa shape index (κ1) is 16.2. The van der Waals surface area contributed by atoms with Crippen molar-refractivity contribution in [1.29, 1.82) is 0 Å². The lowest BCUT2D eigenvalue weighted by Crippen LogP contribution is -2.31. The third-order valence-electron chi connectivity index (χ3n) is 3.07. The molecule has 0 saturated carbocycles. The molecule has 1 heterocycles. The molecule has 0 atom stereocenters. The molecule has 1 aromatic heterocycles. The van der Waals surface area contributed by atoms with Gasteiger partial charge in [0.15, 0.2) is 0 Å².